The molecule has 0 radical (unpaired) electrons. The quantitative estimate of drug-likeness (QED) is 0.204. The van der Waals surface area contributed by atoms with Crippen LogP contribution in [0.2, 0.25) is 0 Å². The average molecular weight is 437 g/mol. The first-order valence-corrected chi connectivity index (χ1v) is 11.0. The molecular weight excluding hydrogens is 410 g/mol. The third-order valence-electron chi connectivity index (χ3n) is 5.04. The van der Waals surface area contributed by atoms with Crippen molar-refractivity contribution in [2.75, 3.05) is 0 Å². The second-order valence-corrected chi connectivity index (χ2v) is 9.10. The molecule has 2 rings (SSSR count). The summed E-state index contributed by atoms with van der Waals surface area (Å²) in [4.78, 5) is 13.7. The summed E-state index contributed by atoms with van der Waals surface area (Å²) in [5, 5.41) is -3.98. The van der Waals surface area contributed by atoms with Gasteiger partial charge in [-0.3, -0.25) is 4.79 Å². The molecule has 5 heteroatoms. The van der Waals surface area contributed by atoms with E-state index in [0.29, 0.717) is 12.8 Å². The van der Waals surface area contributed by atoms with E-state index in [2.05, 4.69) is 6.58 Å². The lowest BCUT2D eigenvalue weighted by Gasteiger charge is -2.30. The molecule has 0 fully saturated rings. The highest BCUT2D eigenvalue weighted by Crippen LogP contribution is 2.43. The smallest absolute Gasteiger partial charge is 0.299 e. The van der Waals surface area contributed by atoms with Crippen molar-refractivity contribution < 1.29 is 13.6 Å². The predicted molar refractivity (Wildman–Crippen MR) is 119 cm³/mol. The molecule has 0 unspecified atom stereocenters. The number of halogens is 3. The lowest BCUT2D eigenvalue weighted by molar-refractivity contribution is -0.123. The Morgan fingerprint density at radius 2 is 1.79 bits per heavy atom. The molecule has 3 atom stereocenters. The van der Waals surface area contributed by atoms with E-state index in [1.54, 1.807) is 13.0 Å². The number of thioether (sulfide) groups is 1. The molecule has 0 amide bonds. The molecule has 0 spiro atoms. The Hall–Kier alpha value is -1.65. The molecule has 2 aromatic rings. The topological polar surface area (TPSA) is 17.1 Å². The number of Topliss-reactive ketones (excluding diaryl/α,β-unsaturated/α-hetero) is 1. The SMILES string of the molecule is C=CCC[C@@H](Sc1ccc(C)cc1)[C@@H](CC(=O)[C@H](C)c1ccccc1)C(F)(F)Cl. The number of carbonyl (C=O) groups is 1. The molecule has 0 heterocycles. The highest BCUT2D eigenvalue weighted by atomic mass is 35.5. The lowest BCUT2D eigenvalue weighted by atomic mass is 9.88. The summed E-state index contributed by atoms with van der Waals surface area (Å²) in [5.41, 5.74) is 1.92. The van der Waals surface area contributed by atoms with Crippen LogP contribution in [0.1, 0.15) is 43.2 Å². The second-order valence-electron chi connectivity index (χ2n) is 7.29. The average Bonchev–Trinajstić information content (AvgIpc) is 2.70. The molecule has 0 N–H and O–H groups in total. The third-order valence-corrected chi connectivity index (χ3v) is 6.73. The zero-order valence-corrected chi connectivity index (χ0v) is 18.4. The first-order valence-electron chi connectivity index (χ1n) is 9.71. The van der Waals surface area contributed by atoms with E-state index in [1.165, 1.54) is 11.8 Å². The van der Waals surface area contributed by atoms with Gasteiger partial charge in [0.25, 0.3) is 0 Å². The van der Waals surface area contributed by atoms with Crippen molar-refractivity contribution in [2.45, 2.75) is 54.6 Å². The largest absolute Gasteiger partial charge is 0.325 e. The van der Waals surface area contributed by atoms with Gasteiger partial charge in [-0.1, -0.05) is 61.0 Å². The van der Waals surface area contributed by atoms with Crippen LogP contribution in [0.15, 0.2) is 72.1 Å². The summed E-state index contributed by atoms with van der Waals surface area (Å²) >= 11 is 6.89. The van der Waals surface area contributed by atoms with E-state index in [1.807, 2.05) is 61.5 Å². The van der Waals surface area contributed by atoms with Gasteiger partial charge in [-0.25, -0.2) is 0 Å². The van der Waals surface area contributed by atoms with Crippen molar-refractivity contribution in [3.8, 4) is 0 Å². The van der Waals surface area contributed by atoms with Gasteiger partial charge in [-0.15, -0.1) is 18.3 Å². The first-order chi connectivity index (χ1) is 13.7. The summed E-state index contributed by atoms with van der Waals surface area (Å²) in [6.45, 7) is 7.44. The van der Waals surface area contributed by atoms with Crippen LogP contribution >= 0.6 is 23.4 Å². The molecule has 0 aromatic heterocycles. The Morgan fingerprint density at radius 1 is 1.17 bits per heavy atom. The standard InChI is InChI=1S/C24H27ClF2OS/c1-4-5-11-23(29-20-14-12-17(2)13-15-20)21(24(25,26)27)16-22(28)18(3)19-9-7-6-8-10-19/h4,6-10,12-15,18,21,23H,1,5,11,16H2,2-3H3/t18-,21-,23-/m1/s1. The monoisotopic (exact) mass is 436 g/mol. The van der Waals surface area contributed by atoms with Crippen molar-refractivity contribution in [3.05, 3.63) is 78.4 Å². The normalized spacial score (nSPS) is 14.8. The summed E-state index contributed by atoms with van der Waals surface area (Å²) in [6, 6.07) is 16.9. The highest BCUT2D eigenvalue weighted by molar-refractivity contribution is 8.00. The number of benzene rings is 2. The molecular formula is C24H27ClF2OS. The Labute approximate surface area is 181 Å². The van der Waals surface area contributed by atoms with Gasteiger partial charge < -0.3 is 0 Å². The number of ketones is 1. The second kappa shape index (κ2) is 10.9. The van der Waals surface area contributed by atoms with Crippen molar-refractivity contribution in [3.63, 3.8) is 0 Å². The van der Waals surface area contributed by atoms with Crippen LogP contribution in [0.4, 0.5) is 8.78 Å². The van der Waals surface area contributed by atoms with E-state index < -0.39 is 22.5 Å². The maximum atomic E-state index is 14.4. The summed E-state index contributed by atoms with van der Waals surface area (Å²) in [6.07, 6.45) is 2.49. The van der Waals surface area contributed by atoms with Crippen molar-refractivity contribution in [2.24, 2.45) is 5.92 Å². The van der Waals surface area contributed by atoms with Gasteiger partial charge in [0.1, 0.15) is 5.78 Å². The van der Waals surface area contributed by atoms with E-state index in [4.69, 9.17) is 11.6 Å². The maximum Gasteiger partial charge on any atom is 0.325 e. The summed E-state index contributed by atoms with van der Waals surface area (Å²) in [5.74, 6) is -1.95. The molecule has 1 nitrogen and oxygen atoms in total. The van der Waals surface area contributed by atoms with Gasteiger partial charge in [0.15, 0.2) is 0 Å². The van der Waals surface area contributed by atoms with Crippen LogP contribution in [0, 0.1) is 12.8 Å². The van der Waals surface area contributed by atoms with Crippen LogP contribution in [0.3, 0.4) is 0 Å². The molecule has 0 bridgehead atoms. The van der Waals surface area contributed by atoms with Gasteiger partial charge in [0.05, 0.1) is 5.92 Å². The molecule has 0 saturated carbocycles. The van der Waals surface area contributed by atoms with Crippen LogP contribution in [-0.4, -0.2) is 16.4 Å². The molecule has 2 aromatic carbocycles. The van der Waals surface area contributed by atoms with Crippen molar-refractivity contribution in [1.29, 1.82) is 0 Å². The first kappa shape index (κ1) is 23.6. The number of carbonyl (C=O) groups excluding carboxylic acids is 1. The van der Waals surface area contributed by atoms with Gasteiger partial charge >= 0.3 is 5.38 Å². The summed E-state index contributed by atoms with van der Waals surface area (Å²) in [7, 11) is 0. The Kier molecular flexibility index (Phi) is 8.91. The number of alkyl halides is 3. The van der Waals surface area contributed by atoms with Crippen LogP contribution in [-0.2, 0) is 4.79 Å². The van der Waals surface area contributed by atoms with E-state index >= 15 is 0 Å². The van der Waals surface area contributed by atoms with Crippen molar-refractivity contribution >= 4 is 29.1 Å². The molecule has 29 heavy (non-hydrogen) atoms. The minimum atomic E-state index is -3.48. The molecule has 0 aliphatic heterocycles. The molecule has 0 aliphatic carbocycles. The van der Waals surface area contributed by atoms with Crippen LogP contribution in [0.5, 0.6) is 0 Å². The number of hydrogen-bond donors (Lipinski definition) is 0. The highest BCUT2D eigenvalue weighted by Gasteiger charge is 2.44. The minimum Gasteiger partial charge on any atom is -0.299 e. The molecule has 0 aliphatic rings. The zero-order valence-electron chi connectivity index (χ0n) is 16.8. The molecule has 156 valence electrons. The van der Waals surface area contributed by atoms with E-state index in [0.717, 1.165) is 16.0 Å². The minimum absolute atomic E-state index is 0.227. The Balaban J connectivity index is 2.24. The summed E-state index contributed by atoms with van der Waals surface area (Å²) < 4.78 is 28.9. The van der Waals surface area contributed by atoms with Gasteiger partial charge in [0, 0.05) is 22.5 Å². The van der Waals surface area contributed by atoms with Gasteiger partial charge in [-0.2, -0.15) is 8.78 Å². The lowest BCUT2D eigenvalue weighted by Crippen LogP contribution is -2.34. The fraction of sp³-hybridized carbons (Fsp3) is 0.375. The van der Waals surface area contributed by atoms with Crippen LogP contribution < -0.4 is 0 Å². The Morgan fingerprint density at radius 3 is 2.34 bits per heavy atom. The van der Waals surface area contributed by atoms with Gasteiger partial charge in [0.2, 0.25) is 0 Å². The third kappa shape index (κ3) is 7.27. The number of rotatable bonds is 11. The number of hydrogen-bond acceptors (Lipinski definition) is 2. The number of aryl methyl sites for hydroxylation is 1. The maximum absolute atomic E-state index is 14.4. The number of allylic oxidation sites excluding steroid dienone is 1. The van der Waals surface area contributed by atoms with E-state index in [9.17, 15) is 13.6 Å². The molecule has 0 saturated heterocycles. The predicted octanol–water partition coefficient (Wildman–Crippen LogP) is 7.63. The fourth-order valence-corrected chi connectivity index (χ4v) is 4.83. The Bertz CT molecular complexity index is 787. The van der Waals surface area contributed by atoms with E-state index in [-0.39, 0.29) is 12.2 Å². The zero-order chi connectivity index (χ0) is 21.4. The van der Waals surface area contributed by atoms with Crippen molar-refractivity contribution in [1.82, 2.24) is 0 Å². The fourth-order valence-electron chi connectivity index (χ4n) is 3.20. The van der Waals surface area contributed by atoms with Crippen LogP contribution in [0.25, 0.3) is 0 Å². The van der Waals surface area contributed by atoms with Gasteiger partial charge in [-0.05, 0) is 49.1 Å².